The van der Waals surface area contributed by atoms with Crippen LogP contribution in [-0.4, -0.2) is 32.6 Å². The molecular formula is C23H12Al2S. The first kappa shape index (κ1) is 15.5. The lowest BCUT2D eigenvalue weighted by atomic mass is 9.71. The highest BCUT2D eigenvalue weighted by Gasteiger charge is 2.52. The van der Waals surface area contributed by atoms with Crippen LogP contribution >= 0.6 is 11.3 Å². The van der Waals surface area contributed by atoms with Gasteiger partial charge < -0.3 is 0 Å². The molecule has 1 heterocycles. The molecule has 0 amide bonds. The summed E-state index contributed by atoms with van der Waals surface area (Å²) >= 11 is 7.85. The van der Waals surface area contributed by atoms with Crippen molar-refractivity contribution in [3.8, 4) is 22.3 Å². The van der Waals surface area contributed by atoms with Crippen molar-refractivity contribution in [3.63, 3.8) is 0 Å². The lowest BCUT2D eigenvalue weighted by molar-refractivity contribution is 0.801. The van der Waals surface area contributed by atoms with Gasteiger partial charge in [0.1, 0.15) is 0 Å². The second kappa shape index (κ2) is 5.24. The van der Waals surface area contributed by atoms with E-state index in [0.717, 1.165) is 0 Å². The van der Waals surface area contributed by atoms with Crippen molar-refractivity contribution in [2.45, 2.75) is 5.41 Å². The molecule has 116 valence electrons. The Bertz CT molecular complexity index is 1170. The summed E-state index contributed by atoms with van der Waals surface area (Å²) in [6.07, 6.45) is 0. The van der Waals surface area contributed by atoms with Gasteiger partial charge in [0.25, 0.3) is 0 Å². The zero-order chi connectivity index (χ0) is 17.5. The van der Waals surface area contributed by atoms with E-state index in [4.69, 9.17) is 0 Å². The van der Waals surface area contributed by atoms with E-state index < -0.39 is 0 Å². The van der Waals surface area contributed by atoms with Crippen LogP contribution in [0.1, 0.15) is 22.3 Å². The van der Waals surface area contributed by atoms with E-state index in [0.29, 0.717) is 0 Å². The van der Waals surface area contributed by atoms with Gasteiger partial charge in [-0.15, -0.1) is 0 Å². The molecule has 4 aromatic rings. The van der Waals surface area contributed by atoms with Gasteiger partial charge >= 0.3 is 0 Å². The first-order chi connectivity index (χ1) is 12.7. The Morgan fingerprint density at radius 1 is 0.577 bits per heavy atom. The van der Waals surface area contributed by atoms with E-state index in [9.17, 15) is 0 Å². The fourth-order valence-electron chi connectivity index (χ4n) is 5.06. The van der Waals surface area contributed by atoms with Crippen molar-refractivity contribution < 1.29 is 0 Å². The lowest BCUT2D eigenvalue weighted by Gasteiger charge is -2.31. The predicted molar refractivity (Wildman–Crippen MR) is 111 cm³/mol. The topological polar surface area (TPSA) is 0 Å². The van der Waals surface area contributed by atoms with E-state index >= 15 is 0 Å². The molecule has 0 saturated heterocycles. The quantitative estimate of drug-likeness (QED) is 0.356. The third-order valence-corrected chi connectivity index (χ3v) is 8.02. The predicted octanol–water partition coefficient (Wildman–Crippen LogP) is 3.68. The summed E-state index contributed by atoms with van der Waals surface area (Å²) < 4.78 is 2.67. The van der Waals surface area contributed by atoms with E-state index in [2.05, 4.69) is 105 Å². The third kappa shape index (κ3) is 1.63. The van der Waals surface area contributed by atoms with Crippen molar-refractivity contribution in [1.82, 2.24) is 0 Å². The van der Waals surface area contributed by atoms with Gasteiger partial charge in [0.05, 0.1) is 5.41 Å². The lowest BCUT2D eigenvalue weighted by Crippen LogP contribution is -2.30. The number of thiophene rings is 1. The van der Waals surface area contributed by atoms with Gasteiger partial charge in [0.2, 0.25) is 0 Å². The third-order valence-electron chi connectivity index (χ3n) is 5.89. The largest absolute Gasteiger partial charge is 0.194 e. The molecule has 26 heavy (non-hydrogen) atoms. The summed E-state index contributed by atoms with van der Waals surface area (Å²) in [6.45, 7) is 0. The first-order valence-corrected chi connectivity index (χ1v) is 10.7. The molecular weight excluding hydrogens is 362 g/mol. The van der Waals surface area contributed by atoms with E-state index in [1.54, 1.807) is 0 Å². The average molecular weight is 374 g/mol. The maximum absolute atomic E-state index is 3.01. The fraction of sp³-hybridized carbons (Fsp3) is 0.0435. The second-order valence-electron chi connectivity index (χ2n) is 6.97. The molecule has 0 unspecified atom stereocenters. The van der Waals surface area contributed by atoms with Crippen LogP contribution in [0.2, 0.25) is 0 Å². The zero-order valence-corrected chi connectivity index (χ0v) is 17.1. The number of hydrogen-bond acceptors (Lipinski definition) is 1. The molecule has 0 N–H and O–H groups in total. The molecule has 0 bridgehead atoms. The zero-order valence-electron chi connectivity index (χ0n) is 14.0. The molecule has 0 fully saturated rings. The maximum Gasteiger partial charge on any atom is 0.194 e. The van der Waals surface area contributed by atoms with Crippen LogP contribution in [0.15, 0.2) is 72.8 Å². The summed E-state index contributed by atoms with van der Waals surface area (Å²) in [4.78, 5) is 0. The highest BCUT2D eigenvalue weighted by molar-refractivity contribution is 7.27. The van der Waals surface area contributed by atoms with E-state index in [-0.39, 0.29) is 5.41 Å². The minimum absolute atomic E-state index is 0.193. The average Bonchev–Trinajstić information content (AvgIpc) is 3.26. The molecule has 4 radical (unpaired) electrons. The Balaban J connectivity index is 1.90. The first-order valence-electron chi connectivity index (χ1n) is 8.72. The summed E-state index contributed by atoms with van der Waals surface area (Å²) in [5, 5.41) is 0. The van der Waals surface area contributed by atoms with Gasteiger partial charge in [-0.05, 0) is 44.5 Å². The fourth-order valence-corrected chi connectivity index (χ4v) is 7.80. The Morgan fingerprint density at radius 2 is 1.04 bits per heavy atom. The van der Waals surface area contributed by atoms with E-state index in [1.807, 2.05) is 11.3 Å². The Kier molecular flexibility index (Phi) is 3.12. The smallest absolute Gasteiger partial charge is 0.186 e. The number of rotatable bonds is 0. The van der Waals surface area contributed by atoms with E-state index in [1.165, 1.54) is 52.0 Å². The summed E-state index contributed by atoms with van der Waals surface area (Å²) in [5.74, 6) is 0. The molecule has 0 nitrogen and oxygen atoms in total. The van der Waals surface area contributed by atoms with Crippen LogP contribution in [0.5, 0.6) is 0 Å². The molecule has 0 atom stereocenters. The van der Waals surface area contributed by atoms with Crippen LogP contribution in [-0.2, 0) is 5.41 Å². The minimum atomic E-state index is -0.193. The standard InChI is InChI=1S/C23H12S.2Al/c1-4-10-19-15(7-1)16-8-2-5-11-20(16)23(19)21-12-6-3-9-17(21)18-13-24-14-22(18)23;;/h1-12H;;. The summed E-state index contributed by atoms with van der Waals surface area (Å²) in [6, 6.07) is 26.9. The molecule has 2 aliphatic rings. The van der Waals surface area contributed by atoms with Gasteiger partial charge in [-0.1, -0.05) is 80.3 Å². The van der Waals surface area contributed by atoms with Gasteiger partial charge in [-0.25, -0.2) is 0 Å². The normalized spacial score (nSPS) is 14.8. The SMILES string of the molecule is [Al][c]1s[c]([Al])c2c1-c1ccccc1C21c2ccccc2-c2ccccc21. The van der Waals surface area contributed by atoms with Crippen LogP contribution in [0, 0.1) is 0 Å². The molecule has 6 rings (SSSR count). The minimum Gasteiger partial charge on any atom is -0.186 e. The molecule has 1 spiro atoms. The molecule has 2 aliphatic carbocycles. The Hall–Kier alpha value is -1.58. The molecule has 3 aromatic carbocycles. The molecule has 0 aliphatic heterocycles. The highest BCUT2D eigenvalue weighted by atomic mass is 32.1. The maximum atomic E-state index is 3.01. The van der Waals surface area contributed by atoms with Crippen molar-refractivity contribution in [1.29, 1.82) is 0 Å². The second-order valence-corrected chi connectivity index (χ2v) is 10.0. The van der Waals surface area contributed by atoms with Crippen LogP contribution < -0.4 is 7.48 Å². The van der Waals surface area contributed by atoms with Crippen molar-refractivity contribution in [3.05, 3.63) is 95.1 Å². The molecule has 3 heteroatoms. The van der Waals surface area contributed by atoms with Crippen LogP contribution in [0.3, 0.4) is 0 Å². The van der Waals surface area contributed by atoms with Gasteiger partial charge in [0, 0.05) is 0 Å². The molecule has 1 aromatic heterocycles. The van der Waals surface area contributed by atoms with Crippen LogP contribution in [0.25, 0.3) is 22.3 Å². The number of hydrogen-bond donors (Lipinski definition) is 0. The molecule has 0 saturated carbocycles. The van der Waals surface area contributed by atoms with Crippen molar-refractivity contribution >= 4 is 51.4 Å². The van der Waals surface area contributed by atoms with Gasteiger partial charge in [-0.2, -0.15) is 11.3 Å². The Labute approximate surface area is 173 Å². The van der Waals surface area contributed by atoms with Gasteiger partial charge in [0.15, 0.2) is 32.6 Å². The van der Waals surface area contributed by atoms with Crippen LogP contribution in [0.4, 0.5) is 0 Å². The van der Waals surface area contributed by atoms with Gasteiger partial charge in [-0.3, -0.25) is 0 Å². The number of benzene rings is 3. The monoisotopic (exact) mass is 374 g/mol. The highest BCUT2D eigenvalue weighted by Crippen LogP contribution is 2.62. The number of fused-ring (bicyclic) bond motifs is 10. The van der Waals surface area contributed by atoms with Crippen molar-refractivity contribution in [2.24, 2.45) is 0 Å². The summed E-state index contributed by atoms with van der Waals surface area (Å²) in [5.41, 5.74) is 11.0. The van der Waals surface area contributed by atoms with Crippen molar-refractivity contribution in [2.75, 3.05) is 0 Å². The summed E-state index contributed by atoms with van der Waals surface area (Å²) in [7, 11) is 0. The Morgan fingerprint density at radius 3 is 1.62 bits per heavy atom.